The lowest BCUT2D eigenvalue weighted by molar-refractivity contribution is -0.132. The topological polar surface area (TPSA) is 127 Å². The molecule has 1 aromatic heterocycles. The minimum atomic E-state index is -3.59. The second-order valence-electron chi connectivity index (χ2n) is 8.53. The molecule has 0 bridgehead atoms. The quantitative estimate of drug-likeness (QED) is 0.666. The standard InChI is InChI=1S/C21H31N5O5S/c1-14-12-26(13-15(2)31-14)32(29,30)25-9-7-24(8-10-25)20(27)6-5-18-16(3)19(11-22)21(28)23-17(18)4/h14-15H,5-10,12-13H2,1-4H3,(H,23,28). The van der Waals surface area contributed by atoms with E-state index in [9.17, 15) is 23.3 Å². The zero-order chi connectivity index (χ0) is 23.6. The van der Waals surface area contributed by atoms with Gasteiger partial charge in [-0.2, -0.15) is 22.3 Å². The van der Waals surface area contributed by atoms with E-state index in [2.05, 4.69) is 4.98 Å². The molecule has 0 aliphatic carbocycles. The highest BCUT2D eigenvalue weighted by Gasteiger charge is 2.37. The number of pyridine rings is 1. The van der Waals surface area contributed by atoms with Gasteiger partial charge in [0.25, 0.3) is 15.8 Å². The lowest BCUT2D eigenvalue weighted by Crippen LogP contribution is -2.57. The van der Waals surface area contributed by atoms with Gasteiger partial charge in [-0.25, -0.2) is 0 Å². The van der Waals surface area contributed by atoms with Crippen molar-refractivity contribution in [2.45, 2.75) is 52.7 Å². The normalized spacial score (nSPS) is 23.2. The molecular formula is C21H31N5O5S. The summed E-state index contributed by atoms with van der Waals surface area (Å²) >= 11 is 0. The second kappa shape index (κ2) is 9.70. The molecule has 2 saturated heterocycles. The summed E-state index contributed by atoms with van der Waals surface area (Å²) in [4.78, 5) is 29.0. The number of aryl methyl sites for hydroxylation is 1. The molecule has 1 aromatic rings. The molecule has 0 saturated carbocycles. The van der Waals surface area contributed by atoms with Gasteiger partial charge in [0.15, 0.2) is 0 Å². The van der Waals surface area contributed by atoms with E-state index in [0.29, 0.717) is 43.9 Å². The minimum Gasteiger partial charge on any atom is -0.373 e. The first-order valence-corrected chi connectivity index (χ1v) is 12.2. The van der Waals surface area contributed by atoms with Gasteiger partial charge < -0.3 is 14.6 Å². The Morgan fingerprint density at radius 1 is 1.12 bits per heavy atom. The molecule has 0 aromatic carbocycles. The number of piperazine rings is 1. The number of H-pyrrole nitrogens is 1. The summed E-state index contributed by atoms with van der Waals surface area (Å²) < 4.78 is 34.6. The van der Waals surface area contributed by atoms with Gasteiger partial charge in [0.1, 0.15) is 11.6 Å². The van der Waals surface area contributed by atoms with Crippen molar-refractivity contribution in [1.29, 1.82) is 5.26 Å². The van der Waals surface area contributed by atoms with Crippen LogP contribution in [0.4, 0.5) is 0 Å². The first-order chi connectivity index (χ1) is 15.0. The zero-order valence-electron chi connectivity index (χ0n) is 19.0. The average molecular weight is 466 g/mol. The monoisotopic (exact) mass is 465 g/mol. The summed E-state index contributed by atoms with van der Waals surface area (Å²) in [6, 6.07) is 1.92. The number of aromatic amines is 1. The van der Waals surface area contributed by atoms with Gasteiger partial charge in [0.05, 0.1) is 12.2 Å². The zero-order valence-corrected chi connectivity index (χ0v) is 19.9. The highest BCUT2D eigenvalue weighted by molar-refractivity contribution is 7.86. The van der Waals surface area contributed by atoms with Crippen LogP contribution in [0.5, 0.6) is 0 Å². The van der Waals surface area contributed by atoms with E-state index in [0.717, 1.165) is 5.56 Å². The predicted molar refractivity (Wildman–Crippen MR) is 118 cm³/mol. The maximum Gasteiger partial charge on any atom is 0.282 e. The van der Waals surface area contributed by atoms with Gasteiger partial charge in [-0.3, -0.25) is 9.59 Å². The third-order valence-electron chi connectivity index (χ3n) is 6.14. The van der Waals surface area contributed by atoms with Crippen molar-refractivity contribution < 1.29 is 17.9 Å². The summed E-state index contributed by atoms with van der Waals surface area (Å²) in [5, 5.41) is 9.20. The van der Waals surface area contributed by atoms with E-state index in [1.54, 1.807) is 18.7 Å². The van der Waals surface area contributed by atoms with Gasteiger partial charge in [0, 0.05) is 51.4 Å². The van der Waals surface area contributed by atoms with Crippen molar-refractivity contribution in [3.8, 4) is 6.07 Å². The number of hydrogen-bond donors (Lipinski definition) is 1. The average Bonchev–Trinajstić information content (AvgIpc) is 2.73. The fourth-order valence-electron chi connectivity index (χ4n) is 4.46. The van der Waals surface area contributed by atoms with E-state index in [1.165, 1.54) is 8.61 Å². The Morgan fingerprint density at radius 3 is 2.28 bits per heavy atom. The Bertz CT molecular complexity index is 1060. The molecule has 2 aliphatic rings. The van der Waals surface area contributed by atoms with E-state index in [-0.39, 0.29) is 43.2 Å². The Balaban J connectivity index is 1.58. The highest BCUT2D eigenvalue weighted by atomic mass is 32.2. The van der Waals surface area contributed by atoms with E-state index in [1.807, 2.05) is 19.9 Å². The van der Waals surface area contributed by atoms with Gasteiger partial charge in [-0.05, 0) is 45.2 Å². The Hall–Kier alpha value is -2.26. The largest absolute Gasteiger partial charge is 0.373 e. The fraction of sp³-hybridized carbons (Fsp3) is 0.667. The molecule has 3 heterocycles. The van der Waals surface area contributed by atoms with Crippen molar-refractivity contribution in [2.75, 3.05) is 39.3 Å². The second-order valence-corrected chi connectivity index (χ2v) is 10.5. The van der Waals surface area contributed by atoms with Gasteiger partial charge in [0.2, 0.25) is 5.91 Å². The van der Waals surface area contributed by atoms with Crippen LogP contribution in [0.25, 0.3) is 0 Å². The number of nitrogens with one attached hydrogen (secondary N) is 1. The number of hydrogen-bond acceptors (Lipinski definition) is 6. The lowest BCUT2D eigenvalue weighted by Gasteiger charge is -2.40. The third-order valence-corrected chi connectivity index (χ3v) is 8.11. The molecule has 11 heteroatoms. The predicted octanol–water partition coefficient (Wildman–Crippen LogP) is 0.294. The van der Waals surface area contributed by atoms with Crippen molar-refractivity contribution in [2.24, 2.45) is 0 Å². The van der Waals surface area contributed by atoms with Crippen molar-refractivity contribution >= 4 is 16.1 Å². The number of amides is 1. The Labute approximate surface area is 188 Å². The van der Waals surface area contributed by atoms with Crippen LogP contribution in [0.1, 0.15) is 42.7 Å². The molecule has 2 unspecified atom stereocenters. The van der Waals surface area contributed by atoms with Crippen LogP contribution in [0.3, 0.4) is 0 Å². The fourth-order valence-corrected chi connectivity index (χ4v) is 6.21. The molecule has 1 amide bonds. The van der Waals surface area contributed by atoms with Gasteiger partial charge in [-0.1, -0.05) is 0 Å². The third kappa shape index (κ3) is 5.04. The van der Waals surface area contributed by atoms with Gasteiger partial charge in [-0.15, -0.1) is 0 Å². The minimum absolute atomic E-state index is 0.0702. The summed E-state index contributed by atoms with van der Waals surface area (Å²) in [5.74, 6) is -0.0702. The molecule has 2 aliphatic heterocycles. The van der Waals surface area contributed by atoms with Crippen LogP contribution in [0.2, 0.25) is 0 Å². The van der Waals surface area contributed by atoms with Crippen LogP contribution in [-0.2, 0) is 26.2 Å². The number of morpholine rings is 1. The maximum absolute atomic E-state index is 13.0. The molecule has 3 rings (SSSR count). The summed E-state index contributed by atoms with van der Waals surface area (Å²) in [7, 11) is -3.59. The summed E-state index contributed by atoms with van der Waals surface area (Å²) in [6.07, 6.45) is 0.323. The molecule has 2 fully saturated rings. The van der Waals surface area contributed by atoms with Gasteiger partial charge >= 0.3 is 0 Å². The number of ether oxygens (including phenoxy) is 1. The van der Waals surface area contributed by atoms with Crippen LogP contribution in [0.15, 0.2) is 4.79 Å². The number of aromatic nitrogens is 1. The number of nitrogens with zero attached hydrogens (tertiary/aromatic N) is 4. The number of carbonyl (C=O) groups excluding carboxylic acids is 1. The first kappa shape index (κ1) is 24.4. The molecule has 10 nitrogen and oxygen atoms in total. The molecule has 176 valence electrons. The van der Waals surface area contributed by atoms with E-state index >= 15 is 0 Å². The molecule has 0 radical (unpaired) electrons. The van der Waals surface area contributed by atoms with Crippen molar-refractivity contribution in [1.82, 2.24) is 18.5 Å². The van der Waals surface area contributed by atoms with Crippen molar-refractivity contribution in [3.05, 3.63) is 32.7 Å². The SMILES string of the molecule is Cc1[nH]c(=O)c(C#N)c(C)c1CCC(=O)N1CCN(S(=O)(=O)N2CC(C)OC(C)C2)CC1. The smallest absolute Gasteiger partial charge is 0.282 e. The Morgan fingerprint density at radius 2 is 1.72 bits per heavy atom. The van der Waals surface area contributed by atoms with Crippen LogP contribution in [-0.4, -0.2) is 84.3 Å². The van der Waals surface area contributed by atoms with Crippen molar-refractivity contribution in [3.63, 3.8) is 0 Å². The number of carbonyl (C=O) groups is 1. The van der Waals surface area contributed by atoms with Crippen LogP contribution < -0.4 is 5.56 Å². The Kier molecular flexibility index (Phi) is 7.39. The molecular weight excluding hydrogens is 434 g/mol. The first-order valence-electron chi connectivity index (χ1n) is 10.9. The lowest BCUT2D eigenvalue weighted by atomic mass is 9.99. The maximum atomic E-state index is 13.0. The molecule has 1 N–H and O–H groups in total. The molecule has 2 atom stereocenters. The summed E-state index contributed by atoms with van der Waals surface area (Å²) in [5.41, 5.74) is 1.71. The number of rotatable bonds is 5. The molecule has 32 heavy (non-hydrogen) atoms. The highest BCUT2D eigenvalue weighted by Crippen LogP contribution is 2.20. The van der Waals surface area contributed by atoms with E-state index < -0.39 is 15.8 Å². The van der Waals surface area contributed by atoms with Crippen LogP contribution >= 0.6 is 0 Å². The number of nitriles is 1. The van der Waals surface area contributed by atoms with E-state index in [4.69, 9.17) is 4.74 Å². The molecule has 0 spiro atoms. The summed E-state index contributed by atoms with van der Waals surface area (Å²) in [6.45, 7) is 9.03. The van der Waals surface area contributed by atoms with Crippen LogP contribution in [0, 0.1) is 25.2 Å².